The summed E-state index contributed by atoms with van der Waals surface area (Å²) in [7, 11) is 0. The van der Waals surface area contributed by atoms with Gasteiger partial charge in [-0.05, 0) is 47.5 Å². The standard InChI is InChI=1S/C14H28N2O3/c1-13(2,3)19-12(17)16-8-9-18-11(10-16)6-7-14(4,5)15/h11H,6-10,15H2,1-5H3. The Kier molecular flexibility index (Phi) is 5.21. The van der Waals surface area contributed by atoms with E-state index >= 15 is 0 Å². The summed E-state index contributed by atoms with van der Waals surface area (Å²) in [6.45, 7) is 11.4. The van der Waals surface area contributed by atoms with Crippen molar-refractivity contribution in [3.63, 3.8) is 0 Å². The Labute approximate surface area is 116 Å². The van der Waals surface area contributed by atoms with Crippen LogP contribution in [0.2, 0.25) is 0 Å². The van der Waals surface area contributed by atoms with Crippen molar-refractivity contribution in [3.8, 4) is 0 Å². The van der Waals surface area contributed by atoms with Gasteiger partial charge in [0.05, 0.1) is 19.3 Å². The summed E-state index contributed by atoms with van der Waals surface area (Å²) >= 11 is 0. The lowest BCUT2D eigenvalue weighted by Gasteiger charge is -2.35. The van der Waals surface area contributed by atoms with E-state index in [0.29, 0.717) is 19.7 Å². The Hall–Kier alpha value is -0.810. The van der Waals surface area contributed by atoms with Crippen molar-refractivity contribution in [1.82, 2.24) is 4.90 Å². The van der Waals surface area contributed by atoms with Crippen molar-refractivity contribution < 1.29 is 14.3 Å². The van der Waals surface area contributed by atoms with Gasteiger partial charge in [0.1, 0.15) is 5.60 Å². The number of rotatable bonds is 3. The van der Waals surface area contributed by atoms with Crippen LogP contribution in [0.4, 0.5) is 4.79 Å². The zero-order valence-electron chi connectivity index (χ0n) is 12.9. The molecule has 0 radical (unpaired) electrons. The largest absolute Gasteiger partial charge is 0.444 e. The first-order chi connectivity index (χ1) is 8.57. The van der Waals surface area contributed by atoms with Crippen molar-refractivity contribution in [2.24, 2.45) is 5.73 Å². The molecule has 0 aliphatic carbocycles. The Morgan fingerprint density at radius 3 is 2.53 bits per heavy atom. The Bertz CT molecular complexity index is 305. The average molecular weight is 272 g/mol. The fourth-order valence-electron chi connectivity index (χ4n) is 1.92. The smallest absolute Gasteiger partial charge is 0.410 e. The first-order valence-electron chi connectivity index (χ1n) is 6.95. The third-order valence-corrected chi connectivity index (χ3v) is 2.90. The van der Waals surface area contributed by atoms with Crippen molar-refractivity contribution in [3.05, 3.63) is 0 Å². The highest BCUT2D eigenvalue weighted by atomic mass is 16.6. The molecule has 0 bridgehead atoms. The maximum atomic E-state index is 12.0. The van der Waals surface area contributed by atoms with Crippen LogP contribution in [0.25, 0.3) is 0 Å². The van der Waals surface area contributed by atoms with Gasteiger partial charge in [-0.2, -0.15) is 0 Å². The molecule has 1 aliphatic heterocycles. The zero-order chi connectivity index (χ0) is 14.7. The van der Waals surface area contributed by atoms with E-state index in [9.17, 15) is 4.79 Å². The Morgan fingerprint density at radius 1 is 1.37 bits per heavy atom. The molecular formula is C14H28N2O3. The van der Waals surface area contributed by atoms with Gasteiger partial charge in [-0.25, -0.2) is 4.79 Å². The molecular weight excluding hydrogens is 244 g/mol. The number of amides is 1. The number of hydrogen-bond donors (Lipinski definition) is 1. The Balaban J connectivity index is 2.44. The fraction of sp³-hybridized carbons (Fsp3) is 0.929. The number of morpholine rings is 1. The summed E-state index contributed by atoms with van der Waals surface area (Å²) in [5, 5.41) is 0. The van der Waals surface area contributed by atoms with Crippen molar-refractivity contribution >= 4 is 6.09 Å². The maximum Gasteiger partial charge on any atom is 0.410 e. The van der Waals surface area contributed by atoms with Crippen LogP contribution in [0.3, 0.4) is 0 Å². The molecule has 1 saturated heterocycles. The number of nitrogens with two attached hydrogens (primary N) is 1. The molecule has 2 N–H and O–H groups in total. The summed E-state index contributed by atoms with van der Waals surface area (Å²) in [4.78, 5) is 13.7. The molecule has 1 heterocycles. The van der Waals surface area contributed by atoms with E-state index < -0.39 is 5.60 Å². The third-order valence-electron chi connectivity index (χ3n) is 2.90. The lowest BCUT2D eigenvalue weighted by molar-refractivity contribution is -0.0462. The number of ether oxygens (including phenoxy) is 2. The highest BCUT2D eigenvalue weighted by Gasteiger charge is 2.28. The van der Waals surface area contributed by atoms with Crippen LogP contribution in [0.1, 0.15) is 47.5 Å². The molecule has 0 aromatic carbocycles. The second kappa shape index (κ2) is 6.09. The minimum absolute atomic E-state index is 0.0593. The van der Waals surface area contributed by atoms with Crippen LogP contribution in [0.15, 0.2) is 0 Å². The molecule has 112 valence electrons. The van der Waals surface area contributed by atoms with Gasteiger partial charge in [0.25, 0.3) is 0 Å². The molecule has 0 spiro atoms. The predicted molar refractivity (Wildman–Crippen MR) is 75.0 cm³/mol. The topological polar surface area (TPSA) is 64.8 Å². The van der Waals surface area contributed by atoms with E-state index in [0.717, 1.165) is 12.8 Å². The van der Waals surface area contributed by atoms with Gasteiger partial charge in [-0.15, -0.1) is 0 Å². The quantitative estimate of drug-likeness (QED) is 0.855. The molecule has 5 heteroatoms. The van der Waals surface area contributed by atoms with Gasteiger partial charge in [0, 0.05) is 12.1 Å². The molecule has 1 rings (SSSR count). The van der Waals surface area contributed by atoms with E-state index in [1.54, 1.807) is 4.90 Å². The molecule has 0 aromatic rings. The number of nitrogens with zero attached hydrogens (tertiary/aromatic N) is 1. The second-order valence-electron chi connectivity index (χ2n) is 6.95. The van der Waals surface area contributed by atoms with Crippen molar-refractivity contribution in [2.45, 2.75) is 64.7 Å². The van der Waals surface area contributed by atoms with Gasteiger partial charge in [0.15, 0.2) is 0 Å². The van der Waals surface area contributed by atoms with Gasteiger partial charge in [-0.3, -0.25) is 0 Å². The first-order valence-corrected chi connectivity index (χ1v) is 6.95. The monoisotopic (exact) mass is 272 g/mol. The van der Waals surface area contributed by atoms with E-state index in [4.69, 9.17) is 15.2 Å². The van der Waals surface area contributed by atoms with Gasteiger partial charge < -0.3 is 20.1 Å². The number of carbonyl (C=O) groups excluding carboxylic acids is 1. The maximum absolute atomic E-state index is 12.0. The van der Waals surface area contributed by atoms with Crippen LogP contribution in [-0.2, 0) is 9.47 Å². The minimum Gasteiger partial charge on any atom is -0.444 e. The van der Waals surface area contributed by atoms with Crippen LogP contribution in [-0.4, -0.2) is 47.9 Å². The van der Waals surface area contributed by atoms with Crippen LogP contribution in [0.5, 0.6) is 0 Å². The molecule has 1 fully saturated rings. The molecule has 19 heavy (non-hydrogen) atoms. The van der Waals surface area contributed by atoms with Crippen LogP contribution in [0, 0.1) is 0 Å². The summed E-state index contributed by atoms with van der Waals surface area (Å²) in [6.07, 6.45) is 1.54. The highest BCUT2D eigenvalue weighted by molar-refractivity contribution is 5.68. The number of carbonyl (C=O) groups is 1. The average Bonchev–Trinajstić information content (AvgIpc) is 2.23. The van der Waals surface area contributed by atoms with Crippen molar-refractivity contribution in [2.75, 3.05) is 19.7 Å². The summed E-state index contributed by atoms with van der Waals surface area (Å²) in [5.74, 6) is 0. The Morgan fingerprint density at radius 2 is 2.00 bits per heavy atom. The van der Waals surface area contributed by atoms with E-state index in [2.05, 4.69) is 0 Å². The normalized spacial score (nSPS) is 21.4. The lowest BCUT2D eigenvalue weighted by Crippen LogP contribution is -2.48. The zero-order valence-corrected chi connectivity index (χ0v) is 12.9. The van der Waals surface area contributed by atoms with Crippen LogP contribution < -0.4 is 5.73 Å². The minimum atomic E-state index is -0.454. The van der Waals surface area contributed by atoms with E-state index in [1.807, 2.05) is 34.6 Å². The van der Waals surface area contributed by atoms with Gasteiger partial charge in [-0.1, -0.05) is 0 Å². The predicted octanol–water partition coefficient (Wildman–Crippen LogP) is 2.14. The SMILES string of the molecule is CC(C)(N)CCC1CN(C(=O)OC(C)(C)C)CCO1. The number of hydrogen-bond acceptors (Lipinski definition) is 4. The van der Waals surface area contributed by atoms with Gasteiger partial charge in [0.2, 0.25) is 0 Å². The summed E-state index contributed by atoms with van der Waals surface area (Å²) in [6, 6.07) is 0. The lowest BCUT2D eigenvalue weighted by atomic mass is 9.97. The second-order valence-corrected chi connectivity index (χ2v) is 6.95. The van der Waals surface area contributed by atoms with E-state index in [1.165, 1.54) is 0 Å². The first kappa shape index (κ1) is 16.2. The molecule has 0 saturated carbocycles. The van der Waals surface area contributed by atoms with Crippen molar-refractivity contribution in [1.29, 1.82) is 0 Å². The summed E-state index contributed by atoms with van der Waals surface area (Å²) in [5.41, 5.74) is 5.32. The molecule has 0 aromatic heterocycles. The van der Waals surface area contributed by atoms with E-state index in [-0.39, 0.29) is 17.7 Å². The molecule has 1 aliphatic rings. The molecule has 1 amide bonds. The summed E-state index contributed by atoms with van der Waals surface area (Å²) < 4.78 is 11.1. The third kappa shape index (κ3) is 6.78. The molecule has 5 nitrogen and oxygen atoms in total. The van der Waals surface area contributed by atoms with Gasteiger partial charge >= 0.3 is 6.09 Å². The molecule has 1 unspecified atom stereocenters. The fourth-order valence-corrected chi connectivity index (χ4v) is 1.92. The van der Waals surface area contributed by atoms with Crippen LogP contribution >= 0.6 is 0 Å². The highest BCUT2D eigenvalue weighted by Crippen LogP contribution is 2.17. The molecule has 1 atom stereocenters.